The summed E-state index contributed by atoms with van der Waals surface area (Å²) in [6.07, 6.45) is 0.494. The van der Waals surface area contributed by atoms with Crippen molar-refractivity contribution in [3.8, 4) is 6.07 Å². The third-order valence-electron chi connectivity index (χ3n) is 4.28. The molecule has 0 aromatic heterocycles. The summed E-state index contributed by atoms with van der Waals surface area (Å²) >= 11 is 0. The lowest BCUT2D eigenvalue weighted by Gasteiger charge is -2.30. The van der Waals surface area contributed by atoms with Crippen LogP contribution in [0, 0.1) is 17.2 Å². The van der Waals surface area contributed by atoms with E-state index in [-0.39, 0.29) is 34.9 Å². The minimum atomic E-state index is -0.968. The molecule has 1 aromatic carbocycles. The molecule has 1 heterocycles. The number of rotatable bonds is 6. The Morgan fingerprint density at radius 1 is 1.25 bits per heavy atom. The van der Waals surface area contributed by atoms with Crippen molar-refractivity contribution in [3.63, 3.8) is 0 Å². The van der Waals surface area contributed by atoms with Crippen LogP contribution in [0.5, 0.6) is 0 Å². The average molecular weight is 382 g/mol. The number of nitriles is 1. The number of nitrogens with one attached hydrogen (secondary N) is 1. The molecule has 1 aliphatic heterocycles. The monoisotopic (exact) mass is 382 g/mol. The van der Waals surface area contributed by atoms with Gasteiger partial charge in [0.15, 0.2) is 6.29 Å². The Balaban J connectivity index is 2.72. The molecule has 7 heteroatoms. The van der Waals surface area contributed by atoms with Crippen LogP contribution in [0.25, 0.3) is 0 Å². The van der Waals surface area contributed by atoms with Crippen molar-refractivity contribution < 1.29 is 23.9 Å². The standard InChI is InChI=1S/C21H22N2O5/c1-12(2)11-28-21(26)17-13(3)23-16(10-24)19(20(25)27-4)18(17)15-8-6-5-7-14(15)9-22/h5-8,10,12,18,23H,11H2,1-4H3. The SMILES string of the molecule is COC(=O)C1=C(C=O)NC(C)=C(C(=O)OCC(C)C)C1c1ccccc1C#N. The number of allylic oxidation sites excluding steroid dienone is 2. The smallest absolute Gasteiger partial charge is 0.336 e. The number of hydrogen-bond donors (Lipinski definition) is 1. The fraction of sp³-hybridized carbons (Fsp3) is 0.333. The fourth-order valence-electron chi connectivity index (χ4n) is 3.04. The van der Waals surface area contributed by atoms with Crippen molar-refractivity contribution in [3.05, 3.63) is 57.9 Å². The van der Waals surface area contributed by atoms with Gasteiger partial charge in [-0.15, -0.1) is 0 Å². The zero-order valence-corrected chi connectivity index (χ0v) is 16.2. The Bertz CT molecular complexity index is 906. The van der Waals surface area contributed by atoms with Crippen molar-refractivity contribution in [2.24, 2.45) is 5.92 Å². The highest BCUT2D eigenvalue weighted by atomic mass is 16.5. The lowest BCUT2D eigenvalue weighted by Crippen LogP contribution is -2.34. The zero-order chi connectivity index (χ0) is 20.8. The maximum Gasteiger partial charge on any atom is 0.336 e. The molecular weight excluding hydrogens is 360 g/mol. The molecule has 1 N–H and O–H groups in total. The van der Waals surface area contributed by atoms with Crippen LogP contribution in [0.1, 0.15) is 37.8 Å². The van der Waals surface area contributed by atoms with Gasteiger partial charge >= 0.3 is 11.9 Å². The molecule has 0 aliphatic carbocycles. The second kappa shape index (κ2) is 9.00. The summed E-state index contributed by atoms with van der Waals surface area (Å²) < 4.78 is 10.2. The first kappa shape index (κ1) is 20.9. The first-order valence-corrected chi connectivity index (χ1v) is 8.77. The largest absolute Gasteiger partial charge is 0.466 e. The van der Waals surface area contributed by atoms with Crippen molar-refractivity contribution in [1.29, 1.82) is 5.26 Å². The second-order valence-electron chi connectivity index (χ2n) is 6.72. The summed E-state index contributed by atoms with van der Waals surface area (Å²) in [5, 5.41) is 12.3. The van der Waals surface area contributed by atoms with Gasteiger partial charge in [-0.2, -0.15) is 5.26 Å². The molecular formula is C21H22N2O5. The number of benzene rings is 1. The van der Waals surface area contributed by atoms with Gasteiger partial charge in [-0.3, -0.25) is 4.79 Å². The molecule has 0 fully saturated rings. The summed E-state index contributed by atoms with van der Waals surface area (Å²) in [7, 11) is 1.19. The van der Waals surface area contributed by atoms with Crippen LogP contribution in [0.2, 0.25) is 0 Å². The van der Waals surface area contributed by atoms with Crippen LogP contribution in [0.15, 0.2) is 46.8 Å². The van der Waals surface area contributed by atoms with E-state index in [1.165, 1.54) is 7.11 Å². The van der Waals surface area contributed by atoms with Crippen LogP contribution >= 0.6 is 0 Å². The van der Waals surface area contributed by atoms with Crippen LogP contribution in [0.3, 0.4) is 0 Å². The van der Waals surface area contributed by atoms with E-state index in [2.05, 4.69) is 11.4 Å². The van der Waals surface area contributed by atoms with Crippen LogP contribution < -0.4 is 5.32 Å². The highest BCUT2D eigenvalue weighted by molar-refractivity contribution is 6.03. The summed E-state index contributed by atoms with van der Waals surface area (Å²) in [6, 6.07) is 8.67. The molecule has 1 aliphatic rings. The highest BCUT2D eigenvalue weighted by Crippen LogP contribution is 2.40. The third kappa shape index (κ3) is 4.12. The first-order valence-electron chi connectivity index (χ1n) is 8.77. The topological polar surface area (TPSA) is 105 Å². The lowest BCUT2D eigenvalue weighted by molar-refractivity contribution is -0.140. The molecule has 1 atom stereocenters. The molecule has 1 aromatic rings. The molecule has 0 amide bonds. The summed E-state index contributed by atoms with van der Waals surface area (Å²) in [6.45, 7) is 5.62. The van der Waals surface area contributed by atoms with Crippen molar-refractivity contribution in [2.75, 3.05) is 13.7 Å². The Kier molecular flexibility index (Phi) is 6.72. The van der Waals surface area contributed by atoms with E-state index in [4.69, 9.17) is 9.47 Å². The summed E-state index contributed by atoms with van der Waals surface area (Å²) in [5.74, 6) is -2.24. The molecule has 0 spiro atoms. The number of esters is 2. The second-order valence-corrected chi connectivity index (χ2v) is 6.72. The van der Waals surface area contributed by atoms with Gasteiger partial charge in [0.1, 0.15) is 0 Å². The molecule has 0 bridgehead atoms. The molecule has 7 nitrogen and oxygen atoms in total. The Hall–Kier alpha value is -3.40. The van der Waals surface area contributed by atoms with E-state index in [1.807, 2.05) is 13.8 Å². The van der Waals surface area contributed by atoms with E-state index in [9.17, 15) is 19.6 Å². The summed E-state index contributed by atoms with van der Waals surface area (Å²) in [5.41, 5.74) is 1.19. The van der Waals surface area contributed by atoms with Gasteiger partial charge in [0, 0.05) is 5.70 Å². The Labute approximate surface area is 163 Å². The Morgan fingerprint density at radius 3 is 2.50 bits per heavy atom. The maximum absolute atomic E-state index is 12.9. The van der Waals surface area contributed by atoms with Gasteiger partial charge in [-0.1, -0.05) is 32.0 Å². The van der Waals surface area contributed by atoms with E-state index >= 15 is 0 Å². The minimum absolute atomic E-state index is 0.0116. The fourth-order valence-corrected chi connectivity index (χ4v) is 3.04. The predicted molar refractivity (Wildman–Crippen MR) is 101 cm³/mol. The molecule has 0 saturated heterocycles. The molecule has 0 radical (unpaired) electrons. The highest BCUT2D eigenvalue weighted by Gasteiger charge is 2.39. The number of ether oxygens (including phenoxy) is 2. The predicted octanol–water partition coefficient (Wildman–Crippen LogP) is 2.34. The number of carbonyl (C=O) groups is 3. The van der Waals surface area contributed by atoms with Crippen LogP contribution in [0.4, 0.5) is 0 Å². The van der Waals surface area contributed by atoms with Crippen molar-refractivity contribution in [1.82, 2.24) is 5.32 Å². The van der Waals surface area contributed by atoms with Gasteiger partial charge < -0.3 is 14.8 Å². The number of hydrogen-bond acceptors (Lipinski definition) is 7. The van der Waals surface area contributed by atoms with Gasteiger partial charge in [0.05, 0.1) is 48.1 Å². The molecule has 28 heavy (non-hydrogen) atoms. The number of aldehydes is 1. The van der Waals surface area contributed by atoms with Crippen molar-refractivity contribution in [2.45, 2.75) is 26.7 Å². The van der Waals surface area contributed by atoms with Crippen LogP contribution in [-0.2, 0) is 23.9 Å². The number of nitrogens with zero attached hydrogens (tertiary/aromatic N) is 1. The number of dihydropyridines is 1. The lowest BCUT2D eigenvalue weighted by atomic mass is 9.78. The molecule has 1 unspecified atom stereocenters. The third-order valence-corrected chi connectivity index (χ3v) is 4.28. The van der Waals surface area contributed by atoms with Crippen molar-refractivity contribution >= 4 is 18.2 Å². The van der Waals surface area contributed by atoms with E-state index in [1.54, 1.807) is 31.2 Å². The molecule has 0 saturated carbocycles. The summed E-state index contributed by atoms with van der Waals surface area (Å²) in [4.78, 5) is 37.0. The Morgan fingerprint density at radius 2 is 1.93 bits per heavy atom. The van der Waals surface area contributed by atoms with Gasteiger partial charge in [-0.05, 0) is 24.5 Å². The zero-order valence-electron chi connectivity index (χ0n) is 16.2. The maximum atomic E-state index is 12.9. The number of methoxy groups -OCH3 is 1. The molecule has 2 rings (SSSR count). The first-order chi connectivity index (χ1) is 13.3. The van der Waals surface area contributed by atoms with Crippen LogP contribution in [-0.4, -0.2) is 31.9 Å². The van der Waals surface area contributed by atoms with E-state index in [0.29, 0.717) is 17.5 Å². The van der Waals surface area contributed by atoms with Gasteiger partial charge in [-0.25, -0.2) is 9.59 Å². The minimum Gasteiger partial charge on any atom is -0.466 e. The van der Waals surface area contributed by atoms with E-state index < -0.39 is 17.9 Å². The van der Waals surface area contributed by atoms with E-state index in [0.717, 1.165) is 0 Å². The van der Waals surface area contributed by atoms with Gasteiger partial charge in [0.25, 0.3) is 0 Å². The quantitative estimate of drug-likeness (QED) is 0.594. The molecule has 146 valence electrons. The average Bonchev–Trinajstić information content (AvgIpc) is 2.70. The number of carbonyl (C=O) groups excluding carboxylic acids is 3. The van der Waals surface area contributed by atoms with Gasteiger partial charge in [0.2, 0.25) is 0 Å². The normalized spacial score (nSPS) is 16.4.